The Morgan fingerprint density at radius 2 is 2.17 bits per heavy atom. The fourth-order valence-corrected chi connectivity index (χ4v) is 3.77. The van der Waals surface area contributed by atoms with Gasteiger partial charge in [0.25, 0.3) is 0 Å². The molecule has 1 N–H and O–H groups in total. The van der Waals surface area contributed by atoms with Gasteiger partial charge in [-0.15, -0.1) is 22.7 Å². The first kappa shape index (κ1) is 13.7. The van der Waals surface area contributed by atoms with E-state index in [0.29, 0.717) is 6.04 Å². The first-order valence-electron chi connectivity index (χ1n) is 6.33. The largest absolute Gasteiger partial charge is 0.314 e. The predicted molar refractivity (Wildman–Crippen MR) is 80.8 cm³/mol. The number of hydrogen-bond donors (Lipinski definition) is 1. The minimum Gasteiger partial charge on any atom is -0.314 e. The van der Waals surface area contributed by atoms with Crippen LogP contribution in [0.4, 0.5) is 0 Å². The van der Waals surface area contributed by atoms with E-state index in [4.69, 9.17) is 0 Å². The summed E-state index contributed by atoms with van der Waals surface area (Å²) >= 11 is 3.66. The number of rotatable bonds is 6. The van der Waals surface area contributed by atoms with Gasteiger partial charge in [-0.3, -0.25) is 0 Å². The van der Waals surface area contributed by atoms with Crippen molar-refractivity contribution in [2.24, 2.45) is 0 Å². The molecular weight excluding hydrogens is 260 g/mol. The quantitative estimate of drug-likeness (QED) is 0.875. The average Bonchev–Trinajstić information content (AvgIpc) is 2.89. The predicted octanol–water partition coefficient (Wildman–Crippen LogP) is 3.58. The maximum atomic E-state index is 4.28. The zero-order valence-corrected chi connectivity index (χ0v) is 12.8. The summed E-state index contributed by atoms with van der Waals surface area (Å²) in [5, 5.41) is 3.59. The van der Waals surface area contributed by atoms with Crippen LogP contribution in [-0.4, -0.2) is 17.6 Å². The minimum absolute atomic E-state index is 0.538. The number of thiophene rings is 1. The molecule has 0 fully saturated rings. The van der Waals surface area contributed by atoms with E-state index in [1.807, 2.05) is 16.8 Å². The molecule has 0 saturated carbocycles. The highest BCUT2D eigenvalue weighted by Crippen LogP contribution is 2.17. The lowest BCUT2D eigenvalue weighted by Crippen LogP contribution is -2.29. The van der Waals surface area contributed by atoms with Crippen molar-refractivity contribution >= 4 is 22.7 Å². The van der Waals surface area contributed by atoms with E-state index < -0.39 is 0 Å². The topological polar surface area (TPSA) is 24.9 Å². The van der Waals surface area contributed by atoms with Gasteiger partial charge in [0.05, 0.1) is 11.2 Å². The first-order chi connectivity index (χ1) is 8.65. The lowest BCUT2D eigenvalue weighted by Gasteiger charge is -2.12. The van der Waals surface area contributed by atoms with E-state index in [9.17, 15) is 0 Å². The van der Waals surface area contributed by atoms with Crippen molar-refractivity contribution in [2.75, 3.05) is 6.54 Å². The molecule has 1 atom stereocenters. The highest BCUT2D eigenvalue weighted by molar-refractivity contribution is 7.11. The molecule has 0 aromatic carbocycles. The van der Waals surface area contributed by atoms with Gasteiger partial charge in [0.1, 0.15) is 0 Å². The second-order valence-electron chi connectivity index (χ2n) is 4.68. The smallest absolute Gasteiger partial charge is 0.0797 e. The molecule has 0 spiro atoms. The molecule has 0 aliphatic rings. The van der Waals surface area contributed by atoms with E-state index >= 15 is 0 Å². The average molecular weight is 280 g/mol. The summed E-state index contributed by atoms with van der Waals surface area (Å²) in [5.74, 6) is 0. The summed E-state index contributed by atoms with van der Waals surface area (Å²) in [6.07, 6.45) is 2.21. The second-order valence-corrected chi connectivity index (χ2v) is 6.99. The van der Waals surface area contributed by atoms with Crippen LogP contribution in [0.15, 0.2) is 17.6 Å². The molecule has 2 rings (SSSR count). The van der Waals surface area contributed by atoms with E-state index in [1.54, 1.807) is 11.3 Å². The van der Waals surface area contributed by atoms with Crippen LogP contribution < -0.4 is 5.32 Å². The molecule has 0 amide bonds. The fourth-order valence-electron chi connectivity index (χ4n) is 1.97. The van der Waals surface area contributed by atoms with Crippen LogP contribution in [0.1, 0.15) is 27.2 Å². The summed E-state index contributed by atoms with van der Waals surface area (Å²) in [7, 11) is 0. The van der Waals surface area contributed by atoms with Gasteiger partial charge in [-0.05, 0) is 45.7 Å². The van der Waals surface area contributed by atoms with Gasteiger partial charge < -0.3 is 5.32 Å². The molecule has 1 unspecified atom stereocenters. The number of thiazole rings is 1. The van der Waals surface area contributed by atoms with Crippen molar-refractivity contribution in [3.05, 3.63) is 38.0 Å². The summed E-state index contributed by atoms with van der Waals surface area (Å²) in [6, 6.07) is 4.98. The molecule has 0 radical (unpaired) electrons. The van der Waals surface area contributed by atoms with Crippen LogP contribution in [0.3, 0.4) is 0 Å². The maximum Gasteiger partial charge on any atom is 0.0797 e. The third kappa shape index (κ3) is 3.90. The van der Waals surface area contributed by atoms with Crippen LogP contribution in [0.5, 0.6) is 0 Å². The fraction of sp³-hybridized carbons (Fsp3) is 0.500. The second kappa shape index (κ2) is 6.45. The summed E-state index contributed by atoms with van der Waals surface area (Å²) in [6.45, 7) is 7.55. The number of aryl methyl sites for hydroxylation is 2. The molecule has 2 aromatic heterocycles. The molecular formula is C14H20N2S2. The van der Waals surface area contributed by atoms with Gasteiger partial charge in [0.15, 0.2) is 0 Å². The number of aromatic nitrogens is 1. The van der Waals surface area contributed by atoms with Crippen LogP contribution in [0.25, 0.3) is 0 Å². The Balaban J connectivity index is 1.72. The Hall–Kier alpha value is -0.710. The van der Waals surface area contributed by atoms with Crippen molar-refractivity contribution in [1.29, 1.82) is 0 Å². The Morgan fingerprint density at radius 1 is 1.33 bits per heavy atom. The van der Waals surface area contributed by atoms with Crippen molar-refractivity contribution in [3.63, 3.8) is 0 Å². The highest BCUT2D eigenvalue weighted by atomic mass is 32.1. The Labute approximate surface area is 117 Å². The van der Waals surface area contributed by atoms with Crippen molar-refractivity contribution in [1.82, 2.24) is 10.3 Å². The zero-order valence-electron chi connectivity index (χ0n) is 11.2. The molecule has 0 saturated heterocycles. The molecule has 2 aromatic rings. The van der Waals surface area contributed by atoms with E-state index in [2.05, 4.69) is 43.2 Å². The van der Waals surface area contributed by atoms with Crippen LogP contribution >= 0.6 is 22.7 Å². The van der Waals surface area contributed by atoms with Crippen molar-refractivity contribution in [2.45, 2.75) is 39.7 Å². The van der Waals surface area contributed by atoms with Gasteiger partial charge in [0, 0.05) is 27.2 Å². The number of nitrogens with zero attached hydrogens (tertiary/aromatic N) is 1. The molecule has 0 aliphatic carbocycles. The highest BCUT2D eigenvalue weighted by Gasteiger charge is 2.06. The summed E-state index contributed by atoms with van der Waals surface area (Å²) in [5.41, 5.74) is 3.12. The summed E-state index contributed by atoms with van der Waals surface area (Å²) in [4.78, 5) is 8.56. The van der Waals surface area contributed by atoms with Gasteiger partial charge in [-0.2, -0.15) is 0 Å². The standard InChI is InChI=1S/C14H20N2S2/c1-10(8-13-5-4-11(2)18-13)15-7-6-14-12(3)16-9-17-14/h4-5,9-10,15H,6-8H2,1-3H3. The third-order valence-corrected chi connectivity index (χ3v) is 5.01. The van der Waals surface area contributed by atoms with Gasteiger partial charge in [-0.1, -0.05) is 0 Å². The van der Waals surface area contributed by atoms with Gasteiger partial charge in [-0.25, -0.2) is 4.98 Å². The van der Waals surface area contributed by atoms with E-state index in [1.165, 1.54) is 20.3 Å². The van der Waals surface area contributed by atoms with Gasteiger partial charge >= 0.3 is 0 Å². The van der Waals surface area contributed by atoms with E-state index in [-0.39, 0.29) is 0 Å². The lowest BCUT2D eigenvalue weighted by atomic mass is 10.2. The van der Waals surface area contributed by atoms with Crippen molar-refractivity contribution < 1.29 is 0 Å². The Bertz CT molecular complexity index is 487. The van der Waals surface area contributed by atoms with Crippen LogP contribution in [0.2, 0.25) is 0 Å². The van der Waals surface area contributed by atoms with Crippen molar-refractivity contribution in [3.8, 4) is 0 Å². The van der Waals surface area contributed by atoms with Crippen LogP contribution in [-0.2, 0) is 12.8 Å². The summed E-state index contributed by atoms with van der Waals surface area (Å²) < 4.78 is 0. The van der Waals surface area contributed by atoms with E-state index in [0.717, 1.165) is 19.4 Å². The molecule has 4 heteroatoms. The SMILES string of the molecule is Cc1ccc(CC(C)NCCc2scnc2C)s1. The Kier molecular flexibility index (Phi) is 4.92. The normalized spacial score (nSPS) is 12.8. The Morgan fingerprint density at radius 3 is 2.78 bits per heavy atom. The maximum absolute atomic E-state index is 4.28. The molecule has 0 bridgehead atoms. The third-order valence-electron chi connectivity index (χ3n) is 2.99. The zero-order chi connectivity index (χ0) is 13.0. The molecule has 18 heavy (non-hydrogen) atoms. The number of nitrogens with one attached hydrogen (secondary N) is 1. The van der Waals surface area contributed by atoms with Crippen LogP contribution in [0, 0.1) is 13.8 Å². The van der Waals surface area contributed by atoms with Gasteiger partial charge in [0.2, 0.25) is 0 Å². The molecule has 2 heterocycles. The number of hydrogen-bond acceptors (Lipinski definition) is 4. The first-order valence-corrected chi connectivity index (χ1v) is 8.02. The molecule has 0 aliphatic heterocycles. The lowest BCUT2D eigenvalue weighted by molar-refractivity contribution is 0.552. The minimum atomic E-state index is 0.538. The monoisotopic (exact) mass is 280 g/mol. The molecule has 98 valence electrons. The molecule has 2 nitrogen and oxygen atoms in total.